The highest BCUT2D eigenvalue weighted by Gasteiger charge is 2.24. The molecule has 2 aromatic heterocycles. The van der Waals surface area contributed by atoms with Crippen LogP contribution in [0, 0.1) is 0 Å². The molecular formula is C19H22N4O4S2. The minimum absolute atomic E-state index is 0.239. The number of likely N-dealkylation sites (N-methyl/N-ethyl adjacent to an activating group) is 1. The van der Waals surface area contributed by atoms with E-state index in [4.69, 9.17) is 4.74 Å². The molecule has 3 aromatic rings. The van der Waals surface area contributed by atoms with Gasteiger partial charge >= 0.3 is 0 Å². The van der Waals surface area contributed by atoms with Crippen molar-refractivity contribution in [3.63, 3.8) is 0 Å². The predicted octanol–water partition coefficient (Wildman–Crippen LogP) is 2.51. The van der Waals surface area contributed by atoms with Gasteiger partial charge in [0.2, 0.25) is 15.9 Å². The first-order valence-corrected chi connectivity index (χ1v) is 11.6. The zero-order chi connectivity index (χ0) is 21.0. The molecule has 0 aliphatic rings. The lowest BCUT2D eigenvalue weighted by Crippen LogP contribution is -2.40. The number of nitrogens with zero attached hydrogens (tertiary/aromatic N) is 4. The molecule has 154 valence electrons. The number of aromatic nitrogens is 2. The van der Waals surface area contributed by atoms with Crippen molar-refractivity contribution >= 4 is 42.6 Å². The van der Waals surface area contributed by atoms with Crippen LogP contribution in [0.2, 0.25) is 0 Å². The van der Waals surface area contributed by atoms with Crippen LogP contribution in [0.5, 0.6) is 5.75 Å². The molecule has 0 bridgehead atoms. The second-order valence-corrected chi connectivity index (χ2v) is 9.52. The van der Waals surface area contributed by atoms with E-state index in [1.807, 2.05) is 31.2 Å². The van der Waals surface area contributed by atoms with Gasteiger partial charge in [0.1, 0.15) is 5.75 Å². The molecule has 10 heteroatoms. The van der Waals surface area contributed by atoms with Crippen molar-refractivity contribution in [2.45, 2.75) is 13.5 Å². The van der Waals surface area contributed by atoms with Crippen LogP contribution in [0.3, 0.4) is 0 Å². The first-order valence-electron chi connectivity index (χ1n) is 8.92. The fourth-order valence-corrected chi connectivity index (χ4v) is 3.95. The maximum absolute atomic E-state index is 13.0. The first kappa shape index (κ1) is 21.2. The second kappa shape index (κ2) is 8.85. The summed E-state index contributed by atoms with van der Waals surface area (Å²) in [5, 5.41) is 0.490. The number of rotatable bonds is 8. The average Bonchev–Trinajstić information content (AvgIpc) is 3.09. The van der Waals surface area contributed by atoms with E-state index in [9.17, 15) is 13.2 Å². The summed E-state index contributed by atoms with van der Waals surface area (Å²) in [5.41, 5.74) is 1.56. The highest BCUT2D eigenvalue weighted by Crippen LogP contribution is 2.32. The fourth-order valence-electron chi connectivity index (χ4n) is 2.59. The van der Waals surface area contributed by atoms with Crippen LogP contribution in [0.4, 0.5) is 5.13 Å². The van der Waals surface area contributed by atoms with E-state index >= 15 is 0 Å². The first-order chi connectivity index (χ1) is 13.8. The van der Waals surface area contributed by atoms with Gasteiger partial charge in [0.05, 0.1) is 36.2 Å². The summed E-state index contributed by atoms with van der Waals surface area (Å²) in [6.07, 6.45) is 4.39. The SMILES string of the molecule is CCOc1ccc2nc(N(Cc3cccnc3)C(=O)CN(C)S(C)(=O)=O)sc2c1. The number of amides is 1. The number of anilines is 1. The molecular weight excluding hydrogens is 412 g/mol. The number of pyridine rings is 1. The fraction of sp³-hybridized carbons (Fsp3) is 0.316. The van der Waals surface area contributed by atoms with Crippen molar-refractivity contribution in [3.05, 3.63) is 48.3 Å². The number of carbonyl (C=O) groups is 1. The Bertz CT molecular complexity index is 1100. The number of carbonyl (C=O) groups excluding carboxylic acids is 1. The third-order valence-electron chi connectivity index (χ3n) is 4.18. The molecule has 0 fully saturated rings. The Morgan fingerprint density at radius 1 is 1.28 bits per heavy atom. The van der Waals surface area contributed by atoms with Crippen LogP contribution < -0.4 is 9.64 Å². The van der Waals surface area contributed by atoms with Crippen molar-refractivity contribution in [3.8, 4) is 5.75 Å². The molecule has 1 amide bonds. The lowest BCUT2D eigenvalue weighted by molar-refractivity contribution is -0.118. The molecule has 8 nitrogen and oxygen atoms in total. The molecule has 0 aliphatic heterocycles. The lowest BCUT2D eigenvalue weighted by Gasteiger charge is -2.22. The Balaban J connectivity index is 1.95. The summed E-state index contributed by atoms with van der Waals surface area (Å²) in [6.45, 7) is 2.43. The lowest BCUT2D eigenvalue weighted by atomic mass is 10.2. The van der Waals surface area contributed by atoms with Crippen molar-refractivity contribution in [1.29, 1.82) is 0 Å². The number of thiazole rings is 1. The molecule has 0 atom stereocenters. The molecule has 0 N–H and O–H groups in total. The standard InChI is InChI=1S/C19H22N4O4S2/c1-4-27-15-7-8-16-17(10-15)28-19(21-16)23(12-14-6-5-9-20-11-14)18(24)13-22(2)29(3,25)26/h5-11H,4,12-13H2,1-3H3. The molecule has 3 rings (SSSR count). The number of ether oxygens (including phenoxy) is 1. The molecule has 0 spiro atoms. The second-order valence-electron chi connectivity index (χ2n) is 6.42. The van der Waals surface area contributed by atoms with Crippen molar-refractivity contribution in [2.24, 2.45) is 0 Å². The summed E-state index contributed by atoms with van der Waals surface area (Å²) in [7, 11) is -2.11. The summed E-state index contributed by atoms with van der Waals surface area (Å²) in [4.78, 5) is 23.2. The van der Waals surface area contributed by atoms with Gasteiger partial charge < -0.3 is 4.74 Å². The van der Waals surface area contributed by atoms with Gasteiger partial charge in [-0.15, -0.1) is 0 Å². The molecule has 29 heavy (non-hydrogen) atoms. The van der Waals surface area contributed by atoms with Crippen LogP contribution in [-0.4, -0.2) is 55.1 Å². The molecule has 0 aliphatic carbocycles. The van der Waals surface area contributed by atoms with Crippen LogP contribution in [-0.2, 0) is 21.4 Å². The van der Waals surface area contributed by atoms with Gasteiger partial charge in [-0.2, -0.15) is 4.31 Å². The maximum Gasteiger partial charge on any atom is 0.244 e. The van der Waals surface area contributed by atoms with Crippen LogP contribution >= 0.6 is 11.3 Å². The number of hydrogen-bond acceptors (Lipinski definition) is 7. The highest BCUT2D eigenvalue weighted by atomic mass is 32.2. The smallest absolute Gasteiger partial charge is 0.244 e. The predicted molar refractivity (Wildman–Crippen MR) is 114 cm³/mol. The van der Waals surface area contributed by atoms with Gasteiger partial charge in [0.15, 0.2) is 5.13 Å². The molecule has 0 saturated carbocycles. The van der Waals surface area contributed by atoms with Gasteiger partial charge in [-0.25, -0.2) is 13.4 Å². The quantitative estimate of drug-likeness (QED) is 0.541. The average molecular weight is 435 g/mol. The minimum Gasteiger partial charge on any atom is -0.494 e. The van der Waals surface area contributed by atoms with Crippen LogP contribution in [0.1, 0.15) is 12.5 Å². The number of benzene rings is 1. The molecule has 1 aromatic carbocycles. The number of hydrogen-bond donors (Lipinski definition) is 0. The van der Waals surface area contributed by atoms with Crippen LogP contribution in [0.25, 0.3) is 10.2 Å². The molecule has 0 radical (unpaired) electrons. The van der Waals surface area contributed by atoms with E-state index in [1.54, 1.807) is 18.5 Å². The summed E-state index contributed by atoms with van der Waals surface area (Å²) in [5.74, 6) is 0.364. The monoisotopic (exact) mass is 434 g/mol. The van der Waals surface area contributed by atoms with Crippen molar-refractivity contribution < 1.29 is 17.9 Å². The third kappa shape index (κ3) is 5.28. The Morgan fingerprint density at radius 2 is 2.07 bits per heavy atom. The van der Waals surface area contributed by atoms with Crippen molar-refractivity contribution in [2.75, 3.05) is 31.4 Å². The van der Waals surface area contributed by atoms with Crippen molar-refractivity contribution in [1.82, 2.24) is 14.3 Å². The zero-order valence-corrected chi connectivity index (χ0v) is 18.0. The summed E-state index contributed by atoms with van der Waals surface area (Å²) >= 11 is 1.35. The number of fused-ring (bicyclic) bond motifs is 1. The van der Waals surface area contributed by atoms with E-state index < -0.39 is 10.0 Å². The van der Waals surface area contributed by atoms with Gasteiger partial charge in [0, 0.05) is 19.4 Å². The van der Waals surface area contributed by atoms with E-state index in [0.29, 0.717) is 11.7 Å². The van der Waals surface area contributed by atoms with Gasteiger partial charge in [-0.3, -0.25) is 14.7 Å². The van der Waals surface area contributed by atoms with Crippen LogP contribution in [0.15, 0.2) is 42.7 Å². The maximum atomic E-state index is 13.0. The normalized spacial score (nSPS) is 11.7. The molecule has 0 saturated heterocycles. The Kier molecular flexibility index (Phi) is 6.46. The summed E-state index contributed by atoms with van der Waals surface area (Å²) in [6, 6.07) is 9.20. The Morgan fingerprint density at radius 3 is 2.72 bits per heavy atom. The largest absolute Gasteiger partial charge is 0.494 e. The summed E-state index contributed by atoms with van der Waals surface area (Å²) < 4.78 is 30.9. The van der Waals surface area contributed by atoms with Gasteiger partial charge in [-0.1, -0.05) is 17.4 Å². The topological polar surface area (TPSA) is 92.7 Å². The van der Waals surface area contributed by atoms with E-state index in [2.05, 4.69) is 9.97 Å². The van der Waals surface area contributed by atoms with Gasteiger partial charge in [-0.05, 0) is 36.8 Å². The third-order valence-corrected chi connectivity index (χ3v) is 6.48. The Hall–Kier alpha value is -2.56. The van der Waals surface area contributed by atoms with Gasteiger partial charge in [0.25, 0.3) is 0 Å². The highest BCUT2D eigenvalue weighted by molar-refractivity contribution is 7.88. The minimum atomic E-state index is -3.48. The zero-order valence-electron chi connectivity index (χ0n) is 16.4. The molecule has 0 unspecified atom stereocenters. The Labute approximate surface area is 173 Å². The number of sulfonamides is 1. The van der Waals surface area contributed by atoms with E-state index in [0.717, 1.165) is 32.1 Å². The van der Waals surface area contributed by atoms with E-state index in [-0.39, 0.29) is 19.0 Å². The molecule has 2 heterocycles. The van der Waals surface area contributed by atoms with E-state index in [1.165, 1.54) is 23.3 Å².